The molecular weight excluding hydrogens is 560 g/mol. The summed E-state index contributed by atoms with van der Waals surface area (Å²) in [6, 6.07) is 15.3. The zero-order valence-corrected chi connectivity index (χ0v) is 23.7. The summed E-state index contributed by atoms with van der Waals surface area (Å²) in [5.74, 6) is -2.08. The van der Waals surface area contributed by atoms with Gasteiger partial charge in [0.15, 0.2) is 0 Å². The van der Waals surface area contributed by atoms with Crippen molar-refractivity contribution in [1.29, 1.82) is 0 Å². The van der Waals surface area contributed by atoms with Gasteiger partial charge in [-0.2, -0.15) is 13.2 Å². The molecule has 0 aromatic heterocycles. The van der Waals surface area contributed by atoms with Crippen LogP contribution in [0.2, 0.25) is 0 Å². The molecule has 1 aliphatic heterocycles. The lowest BCUT2D eigenvalue weighted by atomic mass is 9.99. The Balaban J connectivity index is 1.48. The second-order valence-electron chi connectivity index (χ2n) is 10.2. The summed E-state index contributed by atoms with van der Waals surface area (Å²) in [5, 5.41) is 2.76. The summed E-state index contributed by atoms with van der Waals surface area (Å²) in [5.41, 5.74) is 2.43. The van der Waals surface area contributed by atoms with Crippen molar-refractivity contribution in [2.75, 3.05) is 47.0 Å². The maximum Gasteiger partial charge on any atom is 0.416 e. The van der Waals surface area contributed by atoms with Crippen LogP contribution in [0.25, 0.3) is 0 Å². The summed E-state index contributed by atoms with van der Waals surface area (Å²) >= 11 is 0. The number of nitrogens with zero attached hydrogens (tertiary/aromatic N) is 2. The Kier molecular flexibility index (Phi) is 8.81. The van der Waals surface area contributed by atoms with Crippen molar-refractivity contribution in [2.24, 2.45) is 0 Å². The Labute approximate surface area is 237 Å². The highest BCUT2D eigenvalue weighted by Crippen LogP contribution is 2.34. The Hall–Kier alpha value is -3.80. The number of hydrogen-bond acceptors (Lipinski definition) is 5. The number of hydrogen-bond donors (Lipinski definition) is 2. The third-order valence-electron chi connectivity index (χ3n) is 7.03. The average molecular weight is 593 g/mol. The van der Waals surface area contributed by atoms with Crippen molar-refractivity contribution in [1.82, 2.24) is 5.32 Å². The maximum atomic E-state index is 14.4. The number of amides is 1. The van der Waals surface area contributed by atoms with Crippen LogP contribution in [-0.2, 0) is 27.5 Å². The zero-order chi connectivity index (χ0) is 29.9. The molecule has 1 unspecified atom stereocenters. The number of alkyl halides is 3. The molecule has 7 nitrogen and oxygen atoms in total. The lowest BCUT2D eigenvalue weighted by Gasteiger charge is -2.38. The molecule has 0 aliphatic carbocycles. The molecule has 220 valence electrons. The van der Waals surface area contributed by atoms with Crippen LogP contribution < -0.4 is 19.8 Å². The third kappa shape index (κ3) is 7.69. The zero-order valence-electron chi connectivity index (χ0n) is 22.9. The highest BCUT2D eigenvalue weighted by atomic mass is 32.2. The van der Waals surface area contributed by atoms with Gasteiger partial charge in [-0.25, -0.2) is 12.8 Å². The number of aryl methyl sites for hydroxylation is 1. The summed E-state index contributed by atoms with van der Waals surface area (Å²) in [4.78, 5) is 17.0. The normalized spacial score (nSPS) is 15.0. The number of rotatable bonds is 8. The Morgan fingerprint density at radius 1 is 0.976 bits per heavy atom. The first-order chi connectivity index (χ1) is 19.2. The molecule has 1 aliphatic rings. The number of carbonyl (C=O) groups excluding carboxylic acids is 1. The molecular formula is C29H32F4N4O3S. The van der Waals surface area contributed by atoms with Crippen molar-refractivity contribution in [2.45, 2.75) is 32.5 Å². The van der Waals surface area contributed by atoms with Crippen LogP contribution in [-0.4, -0.2) is 46.8 Å². The molecule has 4 rings (SSSR count). The van der Waals surface area contributed by atoms with Crippen LogP contribution in [0.3, 0.4) is 0 Å². The van der Waals surface area contributed by atoms with Gasteiger partial charge in [0.05, 0.1) is 23.4 Å². The summed E-state index contributed by atoms with van der Waals surface area (Å²) < 4.78 is 80.1. The van der Waals surface area contributed by atoms with Gasteiger partial charge in [0.2, 0.25) is 15.9 Å². The number of carbonyl (C=O) groups is 1. The van der Waals surface area contributed by atoms with E-state index in [4.69, 9.17) is 0 Å². The minimum atomic E-state index is -4.52. The number of benzene rings is 3. The average Bonchev–Trinajstić information content (AvgIpc) is 2.91. The van der Waals surface area contributed by atoms with E-state index >= 15 is 0 Å². The number of halogens is 4. The van der Waals surface area contributed by atoms with Crippen molar-refractivity contribution < 1.29 is 30.8 Å². The molecule has 1 fully saturated rings. The van der Waals surface area contributed by atoms with E-state index in [1.54, 1.807) is 6.92 Å². The Morgan fingerprint density at radius 3 is 2.27 bits per heavy atom. The molecule has 0 radical (unpaired) electrons. The molecule has 1 atom stereocenters. The van der Waals surface area contributed by atoms with Gasteiger partial charge >= 0.3 is 6.18 Å². The van der Waals surface area contributed by atoms with E-state index in [0.29, 0.717) is 43.0 Å². The minimum Gasteiger partial charge on any atom is -0.368 e. The number of anilines is 3. The number of sulfonamides is 1. The molecule has 1 amide bonds. The molecule has 41 heavy (non-hydrogen) atoms. The van der Waals surface area contributed by atoms with Crippen LogP contribution >= 0.6 is 0 Å². The van der Waals surface area contributed by atoms with E-state index in [9.17, 15) is 30.8 Å². The predicted octanol–water partition coefficient (Wildman–Crippen LogP) is 5.27. The second-order valence-corrected chi connectivity index (χ2v) is 12.0. The molecule has 1 saturated heterocycles. The van der Waals surface area contributed by atoms with Gasteiger partial charge in [0.1, 0.15) is 5.82 Å². The van der Waals surface area contributed by atoms with Gasteiger partial charge in [-0.15, -0.1) is 0 Å². The smallest absolute Gasteiger partial charge is 0.368 e. The second kappa shape index (κ2) is 12.0. The van der Waals surface area contributed by atoms with Crippen molar-refractivity contribution in [3.05, 3.63) is 88.7 Å². The molecule has 0 bridgehead atoms. The maximum absolute atomic E-state index is 14.4. The van der Waals surface area contributed by atoms with Gasteiger partial charge in [-0.1, -0.05) is 24.3 Å². The van der Waals surface area contributed by atoms with Gasteiger partial charge in [-0.05, 0) is 66.9 Å². The van der Waals surface area contributed by atoms with Crippen molar-refractivity contribution in [3.63, 3.8) is 0 Å². The van der Waals surface area contributed by atoms with Crippen LogP contribution in [0.15, 0.2) is 60.7 Å². The van der Waals surface area contributed by atoms with Crippen molar-refractivity contribution in [3.8, 4) is 0 Å². The van der Waals surface area contributed by atoms with Crippen LogP contribution in [0, 0.1) is 12.7 Å². The standard InChI is InChI=1S/C29H32F4N4O3S/c1-19-5-4-6-24(15-19)36-11-13-37(14-12-36)27-17-23(29(31,32)33)9-7-22(27)18-34-28(38)20(2)21-8-10-26(25(30)16-21)35-41(3,39)40/h4-10,15-17,20,35H,11-14,18H2,1-3H3,(H,34,38). The van der Waals surface area contributed by atoms with Gasteiger partial charge in [0, 0.05) is 44.1 Å². The Bertz CT molecular complexity index is 1520. The van der Waals surface area contributed by atoms with E-state index < -0.39 is 39.4 Å². The first kappa shape index (κ1) is 30.2. The molecule has 2 N–H and O–H groups in total. The molecule has 12 heteroatoms. The first-order valence-corrected chi connectivity index (χ1v) is 14.9. The van der Waals surface area contributed by atoms with Crippen LogP contribution in [0.4, 0.5) is 34.6 Å². The first-order valence-electron chi connectivity index (χ1n) is 13.0. The van der Waals surface area contributed by atoms with Crippen LogP contribution in [0.5, 0.6) is 0 Å². The quantitative estimate of drug-likeness (QED) is 0.349. The molecule has 1 heterocycles. The summed E-state index contributed by atoms with van der Waals surface area (Å²) in [6.07, 6.45) is -3.62. The van der Waals surface area contributed by atoms with Crippen LogP contribution in [0.1, 0.15) is 35.1 Å². The van der Waals surface area contributed by atoms with E-state index in [1.807, 2.05) is 30.0 Å². The predicted molar refractivity (Wildman–Crippen MR) is 152 cm³/mol. The van der Waals surface area contributed by atoms with Gasteiger partial charge in [0.25, 0.3) is 0 Å². The van der Waals surface area contributed by atoms with Crippen molar-refractivity contribution >= 4 is 33.0 Å². The molecule has 0 saturated carbocycles. The highest BCUT2D eigenvalue weighted by molar-refractivity contribution is 7.92. The fourth-order valence-corrected chi connectivity index (χ4v) is 5.35. The topological polar surface area (TPSA) is 81.8 Å². The summed E-state index contributed by atoms with van der Waals surface area (Å²) in [7, 11) is -3.68. The molecule has 3 aromatic carbocycles. The lowest BCUT2D eigenvalue weighted by Crippen LogP contribution is -2.47. The van der Waals surface area contributed by atoms with E-state index in [2.05, 4.69) is 21.0 Å². The van der Waals surface area contributed by atoms with E-state index in [0.717, 1.165) is 35.7 Å². The van der Waals surface area contributed by atoms with Gasteiger partial charge in [-0.3, -0.25) is 9.52 Å². The summed E-state index contributed by atoms with van der Waals surface area (Å²) in [6.45, 7) is 5.79. The Morgan fingerprint density at radius 2 is 1.66 bits per heavy atom. The van der Waals surface area contributed by atoms with E-state index in [1.165, 1.54) is 18.2 Å². The third-order valence-corrected chi connectivity index (χ3v) is 7.63. The lowest BCUT2D eigenvalue weighted by molar-refractivity contribution is -0.137. The fourth-order valence-electron chi connectivity index (χ4n) is 4.78. The SMILES string of the molecule is Cc1cccc(N2CCN(c3cc(C(F)(F)F)ccc3CNC(=O)C(C)c3ccc(NS(C)(=O)=O)c(F)c3)CC2)c1. The van der Waals surface area contributed by atoms with E-state index in [-0.39, 0.29) is 12.2 Å². The minimum absolute atomic E-state index is 0.0229. The fraction of sp³-hybridized carbons (Fsp3) is 0.345. The monoisotopic (exact) mass is 592 g/mol. The number of nitrogens with one attached hydrogen (secondary N) is 2. The largest absolute Gasteiger partial charge is 0.416 e. The highest BCUT2D eigenvalue weighted by Gasteiger charge is 2.32. The van der Waals surface area contributed by atoms with Gasteiger partial charge < -0.3 is 15.1 Å². The molecule has 3 aromatic rings. The molecule has 0 spiro atoms. The number of piperazine rings is 1.